The van der Waals surface area contributed by atoms with Crippen LogP contribution in [0.25, 0.3) is 21.7 Å². The van der Waals surface area contributed by atoms with E-state index in [4.69, 9.17) is 9.72 Å². The Labute approximate surface area is 192 Å². The Balaban J connectivity index is 1.71. The van der Waals surface area contributed by atoms with Gasteiger partial charge in [0.25, 0.3) is 0 Å². The van der Waals surface area contributed by atoms with Crippen LogP contribution in [-0.2, 0) is 16.4 Å². The molecule has 0 saturated carbocycles. The van der Waals surface area contributed by atoms with Crippen LogP contribution in [0.4, 0.5) is 4.39 Å². The number of halogens is 2. The molecule has 1 heterocycles. The van der Waals surface area contributed by atoms with Crippen LogP contribution in [0.15, 0.2) is 82.2 Å². The fraction of sp³-hybridized carbons (Fsp3) is 0.0870. The molecule has 0 atom stereocenters. The molecule has 0 fully saturated rings. The highest BCUT2D eigenvalue weighted by molar-refractivity contribution is 9.10. The first-order chi connectivity index (χ1) is 14.8. The molecule has 0 saturated heterocycles. The van der Waals surface area contributed by atoms with Crippen molar-refractivity contribution in [1.82, 2.24) is 4.98 Å². The van der Waals surface area contributed by atoms with E-state index in [2.05, 4.69) is 15.9 Å². The molecule has 0 N–H and O–H groups in total. The lowest BCUT2D eigenvalue weighted by Crippen LogP contribution is -1.96. The Morgan fingerprint density at radius 2 is 1.68 bits per heavy atom. The van der Waals surface area contributed by atoms with E-state index < -0.39 is 9.84 Å². The molecule has 8 heteroatoms. The number of ether oxygens (including phenoxy) is 1. The molecule has 0 unspecified atom stereocenters. The van der Waals surface area contributed by atoms with Gasteiger partial charge in [-0.1, -0.05) is 34.1 Å². The van der Waals surface area contributed by atoms with Crippen LogP contribution in [-0.4, -0.2) is 19.7 Å². The zero-order valence-electron chi connectivity index (χ0n) is 16.4. The second kappa shape index (κ2) is 8.90. The fourth-order valence-corrected chi connectivity index (χ4v) is 4.99. The van der Waals surface area contributed by atoms with E-state index in [0.717, 1.165) is 25.5 Å². The van der Waals surface area contributed by atoms with Crippen LogP contribution in [0.1, 0.15) is 5.01 Å². The Kier molecular flexibility index (Phi) is 6.22. The molecule has 0 spiro atoms. The van der Waals surface area contributed by atoms with E-state index in [1.807, 2.05) is 24.3 Å². The van der Waals surface area contributed by atoms with Crippen LogP contribution in [0.5, 0.6) is 5.75 Å². The average molecular weight is 518 g/mol. The molecule has 4 aromatic rings. The molecule has 4 nitrogen and oxygen atoms in total. The highest BCUT2D eigenvalue weighted by atomic mass is 79.9. The summed E-state index contributed by atoms with van der Waals surface area (Å²) in [4.78, 5) is 5.85. The lowest BCUT2D eigenvalue weighted by atomic mass is 10.1. The van der Waals surface area contributed by atoms with Gasteiger partial charge < -0.3 is 4.74 Å². The minimum atomic E-state index is -3.28. The summed E-state index contributed by atoms with van der Waals surface area (Å²) < 4.78 is 43.8. The Morgan fingerprint density at radius 1 is 1.00 bits per heavy atom. The van der Waals surface area contributed by atoms with Gasteiger partial charge in [0.15, 0.2) is 9.84 Å². The SMILES string of the molecule is CS(=O)(=O)c1ccc(-c2sc(COc3cccc(Br)c3)nc2-c2ccc(F)cc2)cc1. The van der Waals surface area contributed by atoms with Gasteiger partial charge in [-0.15, -0.1) is 11.3 Å². The van der Waals surface area contributed by atoms with Gasteiger partial charge in [0.1, 0.15) is 23.2 Å². The van der Waals surface area contributed by atoms with Crippen LogP contribution < -0.4 is 4.74 Å². The summed E-state index contributed by atoms with van der Waals surface area (Å²) in [5.41, 5.74) is 2.30. The summed E-state index contributed by atoms with van der Waals surface area (Å²) in [6.45, 7) is 0.275. The van der Waals surface area contributed by atoms with Crippen molar-refractivity contribution in [3.05, 3.63) is 88.1 Å². The smallest absolute Gasteiger partial charge is 0.175 e. The van der Waals surface area contributed by atoms with Crippen molar-refractivity contribution in [2.45, 2.75) is 11.5 Å². The van der Waals surface area contributed by atoms with Crippen molar-refractivity contribution in [2.75, 3.05) is 6.26 Å². The second-order valence-electron chi connectivity index (χ2n) is 6.83. The molecule has 1 aromatic heterocycles. The lowest BCUT2D eigenvalue weighted by molar-refractivity contribution is 0.305. The van der Waals surface area contributed by atoms with Crippen molar-refractivity contribution in [3.8, 4) is 27.4 Å². The summed E-state index contributed by atoms with van der Waals surface area (Å²) in [6.07, 6.45) is 1.18. The minimum absolute atomic E-state index is 0.252. The van der Waals surface area contributed by atoms with Gasteiger partial charge in [-0.05, 0) is 60.2 Å². The van der Waals surface area contributed by atoms with Gasteiger partial charge in [0.05, 0.1) is 15.5 Å². The number of thiazole rings is 1. The summed E-state index contributed by atoms with van der Waals surface area (Å²) >= 11 is 4.88. The average Bonchev–Trinajstić information content (AvgIpc) is 3.17. The standard InChI is InChI=1S/C23H17BrFNO3S2/c1-31(27,28)20-11-7-16(8-12-20)23-22(15-5-9-18(25)10-6-15)26-21(30-23)14-29-19-4-2-3-17(24)13-19/h2-13H,14H2,1H3. The number of hydrogen-bond acceptors (Lipinski definition) is 5. The van der Waals surface area contributed by atoms with Crippen molar-refractivity contribution < 1.29 is 17.5 Å². The van der Waals surface area contributed by atoms with E-state index >= 15 is 0 Å². The number of rotatable bonds is 6. The van der Waals surface area contributed by atoms with Gasteiger partial charge >= 0.3 is 0 Å². The maximum absolute atomic E-state index is 13.4. The first-order valence-corrected chi connectivity index (χ1v) is 12.7. The molecule has 3 aromatic carbocycles. The van der Waals surface area contributed by atoms with E-state index in [-0.39, 0.29) is 17.3 Å². The summed E-state index contributed by atoms with van der Waals surface area (Å²) in [5, 5.41) is 0.751. The largest absolute Gasteiger partial charge is 0.486 e. The molecular weight excluding hydrogens is 501 g/mol. The Bertz CT molecular complexity index is 1320. The lowest BCUT2D eigenvalue weighted by Gasteiger charge is -2.04. The maximum Gasteiger partial charge on any atom is 0.175 e. The number of nitrogens with zero attached hydrogens (tertiary/aromatic N) is 1. The molecule has 31 heavy (non-hydrogen) atoms. The van der Waals surface area contributed by atoms with Gasteiger partial charge in [-0.3, -0.25) is 0 Å². The van der Waals surface area contributed by atoms with E-state index in [9.17, 15) is 12.8 Å². The third-order valence-corrected chi connectivity index (χ3v) is 7.19. The third-order valence-electron chi connectivity index (χ3n) is 4.49. The fourth-order valence-electron chi connectivity index (χ4n) is 2.98. The molecule has 0 bridgehead atoms. The number of benzene rings is 3. The van der Waals surface area contributed by atoms with Crippen LogP contribution in [0.2, 0.25) is 0 Å². The van der Waals surface area contributed by atoms with Crippen molar-refractivity contribution in [1.29, 1.82) is 0 Å². The summed E-state index contributed by atoms with van der Waals surface area (Å²) in [7, 11) is -3.28. The van der Waals surface area contributed by atoms with Crippen molar-refractivity contribution in [3.63, 3.8) is 0 Å². The van der Waals surface area contributed by atoms with Gasteiger partial charge in [0.2, 0.25) is 0 Å². The second-order valence-corrected chi connectivity index (χ2v) is 10.8. The molecule has 4 rings (SSSR count). The number of sulfone groups is 1. The number of aromatic nitrogens is 1. The van der Waals surface area contributed by atoms with Crippen LogP contribution in [0.3, 0.4) is 0 Å². The van der Waals surface area contributed by atoms with E-state index in [0.29, 0.717) is 11.4 Å². The Hall–Kier alpha value is -2.55. The van der Waals surface area contributed by atoms with Gasteiger partial charge in [-0.2, -0.15) is 0 Å². The molecule has 0 aliphatic carbocycles. The molecule has 0 aliphatic rings. The zero-order valence-corrected chi connectivity index (χ0v) is 19.6. The normalized spacial score (nSPS) is 11.5. The molecule has 158 valence electrons. The van der Waals surface area contributed by atoms with Crippen molar-refractivity contribution >= 4 is 37.1 Å². The van der Waals surface area contributed by atoms with Gasteiger partial charge in [0, 0.05) is 16.3 Å². The maximum atomic E-state index is 13.4. The quantitative estimate of drug-likeness (QED) is 0.298. The first kappa shape index (κ1) is 21.7. The molecule has 0 aliphatic heterocycles. The molecular formula is C23H17BrFNO3S2. The van der Waals surface area contributed by atoms with Crippen molar-refractivity contribution in [2.24, 2.45) is 0 Å². The van der Waals surface area contributed by atoms with E-state index in [1.54, 1.807) is 36.4 Å². The monoisotopic (exact) mass is 517 g/mol. The number of hydrogen-bond donors (Lipinski definition) is 0. The Morgan fingerprint density at radius 3 is 2.32 bits per heavy atom. The van der Waals surface area contributed by atoms with Crippen LogP contribution in [0, 0.1) is 5.82 Å². The minimum Gasteiger partial charge on any atom is -0.486 e. The molecule has 0 amide bonds. The van der Waals surface area contributed by atoms with Crippen LogP contribution >= 0.6 is 27.3 Å². The predicted molar refractivity (Wildman–Crippen MR) is 125 cm³/mol. The van der Waals surface area contributed by atoms with Gasteiger partial charge in [-0.25, -0.2) is 17.8 Å². The zero-order chi connectivity index (χ0) is 22.0. The first-order valence-electron chi connectivity index (χ1n) is 9.24. The summed E-state index contributed by atoms with van der Waals surface area (Å²) in [6, 6.07) is 20.4. The van der Waals surface area contributed by atoms with E-state index in [1.165, 1.54) is 29.7 Å². The summed E-state index contributed by atoms with van der Waals surface area (Å²) in [5.74, 6) is 0.392. The molecule has 0 radical (unpaired) electrons. The topological polar surface area (TPSA) is 56.3 Å². The predicted octanol–water partition coefficient (Wildman–Crippen LogP) is 6.36. The third kappa shape index (κ3) is 5.20. The highest BCUT2D eigenvalue weighted by Crippen LogP contribution is 2.37. The highest BCUT2D eigenvalue weighted by Gasteiger charge is 2.17.